The molecule has 3 nitrogen and oxygen atoms in total. The van der Waals surface area contributed by atoms with E-state index >= 15 is 0 Å². The van der Waals surface area contributed by atoms with Crippen molar-refractivity contribution >= 4 is 5.97 Å². The third-order valence-corrected chi connectivity index (χ3v) is 4.09. The zero-order valence-corrected chi connectivity index (χ0v) is 13.1. The van der Waals surface area contributed by atoms with Gasteiger partial charge in [0.25, 0.3) is 0 Å². The van der Waals surface area contributed by atoms with E-state index < -0.39 is 0 Å². The quantitative estimate of drug-likeness (QED) is 0.719. The smallest absolute Gasteiger partial charge is 0.307 e. The lowest BCUT2D eigenvalue weighted by atomic mass is 9.71. The fourth-order valence-corrected chi connectivity index (χ4v) is 3.60. The van der Waals surface area contributed by atoms with E-state index in [-0.39, 0.29) is 11.5 Å². The number of hydrogen-bond donors (Lipinski definition) is 1. The number of ether oxygens (including phenoxy) is 1. The Morgan fingerprint density at radius 1 is 1.42 bits per heavy atom. The molecule has 0 spiro atoms. The van der Waals surface area contributed by atoms with Gasteiger partial charge in [0.2, 0.25) is 0 Å². The van der Waals surface area contributed by atoms with Gasteiger partial charge in [0.05, 0.1) is 13.0 Å². The molecule has 1 aliphatic carbocycles. The monoisotopic (exact) mass is 269 g/mol. The Morgan fingerprint density at radius 2 is 2.16 bits per heavy atom. The van der Waals surface area contributed by atoms with Crippen LogP contribution in [-0.4, -0.2) is 24.7 Å². The van der Waals surface area contributed by atoms with Crippen LogP contribution in [0.4, 0.5) is 0 Å². The number of nitrogens with one attached hydrogen (secondary N) is 1. The van der Waals surface area contributed by atoms with Crippen LogP contribution in [0.1, 0.15) is 66.2 Å². The summed E-state index contributed by atoms with van der Waals surface area (Å²) in [7, 11) is 0. The van der Waals surface area contributed by atoms with Crippen molar-refractivity contribution in [3.05, 3.63) is 0 Å². The third kappa shape index (κ3) is 5.52. The van der Waals surface area contributed by atoms with Gasteiger partial charge in [-0.1, -0.05) is 33.6 Å². The predicted molar refractivity (Wildman–Crippen MR) is 79.1 cm³/mol. The number of hydrogen-bond acceptors (Lipinski definition) is 3. The van der Waals surface area contributed by atoms with Crippen molar-refractivity contribution in [1.82, 2.24) is 5.32 Å². The van der Waals surface area contributed by atoms with Crippen LogP contribution in [0.5, 0.6) is 0 Å². The van der Waals surface area contributed by atoms with Crippen LogP contribution in [0.2, 0.25) is 0 Å². The molecule has 1 rings (SSSR count). The Morgan fingerprint density at radius 3 is 2.74 bits per heavy atom. The van der Waals surface area contributed by atoms with Crippen molar-refractivity contribution in [2.45, 2.75) is 71.8 Å². The van der Waals surface area contributed by atoms with Crippen molar-refractivity contribution in [3.8, 4) is 0 Å². The standard InChI is InChI=1S/C16H31NO2/c1-5-17-16(12-15(18)19-6-2)9-7-8-14(11-16)10-13(3)4/h13-14,17H,5-12H2,1-4H3. The van der Waals surface area contributed by atoms with E-state index in [0.717, 1.165) is 31.2 Å². The maximum Gasteiger partial charge on any atom is 0.307 e. The van der Waals surface area contributed by atoms with Crippen molar-refractivity contribution in [1.29, 1.82) is 0 Å². The van der Waals surface area contributed by atoms with E-state index in [1.807, 2.05) is 6.92 Å². The largest absolute Gasteiger partial charge is 0.466 e. The first-order valence-corrected chi connectivity index (χ1v) is 7.92. The second-order valence-corrected chi connectivity index (χ2v) is 6.38. The molecule has 0 aliphatic heterocycles. The summed E-state index contributed by atoms with van der Waals surface area (Å²) in [6.45, 7) is 9.98. The molecule has 0 aromatic heterocycles. The molecular formula is C16H31NO2. The molecule has 1 aliphatic rings. The predicted octanol–water partition coefficient (Wildman–Crippen LogP) is 3.52. The zero-order chi connectivity index (χ0) is 14.3. The van der Waals surface area contributed by atoms with E-state index in [4.69, 9.17) is 4.74 Å². The first-order chi connectivity index (χ1) is 9.01. The molecule has 0 amide bonds. The van der Waals surface area contributed by atoms with Crippen LogP contribution in [0.3, 0.4) is 0 Å². The lowest BCUT2D eigenvalue weighted by molar-refractivity contribution is -0.145. The minimum absolute atomic E-state index is 0.0151. The number of carbonyl (C=O) groups excluding carboxylic acids is 1. The topological polar surface area (TPSA) is 38.3 Å². The molecule has 2 unspecified atom stereocenters. The summed E-state index contributed by atoms with van der Waals surface area (Å²) in [4.78, 5) is 11.9. The van der Waals surface area contributed by atoms with Gasteiger partial charge in [-0.2, -0.15) is 0 Å². The molecule has 0 heterocycles. The van der Waals surface area contributed by atoms with Crippen molar-refractivity contribution in [3.63, 3.8) is 0 Å². The highest BCUT2D eigenvalue weighted by Gasteiger charge is 2.37. The van der Waals surface area contributed by atoms with Crippen molar-refractivity contribution in [2.24, 2.45) is 11.8 Å². The lowest BCUT2D eigenvalue weighted by Crippen LogP contribution is -2.50. The minimum atomic E-state index is -0.0475. The summed E-state index contributed by atoms with van der Waals surface area (Å²) in [6, 6.07) is 0. The molecular weight excluding hydrogens is 238 g/mol. The van der Waals surface area contributed by atoms with Crippen molar-refractivity contribution in [2.75, 3.05) is 13.2 Å². The van der Waals surface area contributed by atoms with Crippen LogP contribution in [-0.2, 0) is 9.53 Å². The highest BCUT2D eigenvalue weighted by atomic mass is 16.5. The zero-order valence-electron chi connectivity index (χ0n) is 13.1. The lowest BCUT2D eigenvalue weighted by Gasteiger charge is -2.41. The van der Waals surface area contributed by atoms with Gasteiger partial charge in [0.15, 0.2) is 0 Å². The average Bonchev–Trinajstić information content (AvgIpc) is 2.28. The molecule has 19 heavy (non-hydrogen) atoms. The molecule has 3 heteroatoms. The summed E-state index contributed by atoms with van der Waals surface area (Å²) >= 11 is 0. The first-order valence-electron chi connectivity index (χ1n) is 7.92. The molecule has 1 fully saturated rings. The van der Waals surface area contributed by atoms with E-state index in [1.165, 1.54) is 19.3 Å². The maximum atomic E-state index is 11.9. The van der Waals surface area contributed by atoms with Crippen LogP contribution >= 0.6 is 0 Å². The second-order valence-electron chi connectivity index (χ2n) is 6.38. The van der Waals surface area contributed by atoms with Crippen LogP contribution in [0.15, 0.2) is 0 Å². The Bertz CT molecular complexity index is 274. The van der Waals surface area contributed by atoms with E-state index in [9.17, 15) is 4.79 Å². The minimum Gasteiger partial charge on any atom is -0.466 e. The van der Waals surface area contributed by atoms with Gasteiger partial charge < -0.3 is 10.1 Å². The Balaban J connectivity index is 2.65. The van der Waals surface area contributed by atoms with Gasteiger partial charge in [-0.15, -0.1) is 0 Å². The summed E-state index contributed by atoms with van der Waals surface area (Å²) in [5, 5.41) is 3.59. The summed E-state index contributed by atoms with van der Waals surface area (Å²) in [5.41, 5.74) is -0.0151. The molecule has 0 saturated heterocycles. The summed E-state index contributed by atoms with van der Waals surface area (Å²) in [6.07, 6.45) is 6.57. The van der Waals surface area contributed by atoms with Crippen LogP contribution in [0, 0.1) is 11.8 Å². The third-order valence-electron chi connectivity index (χ3n) is 4.09. The van der Waals surface area contributed by atoms with Gasteiger partial charge >= 0.3 is 5.97 Å². The van der Waals surface area contributed by atoms with Crippen LogP contribution < -0.4 is 5.32 Å². The van der Waals surface area contributed by atoms with Gasteiger partial charge in [-0.25, -0.2) is 0 Å². The summed E-state index contributed by atoms with van der Waals surface area (Å²) in [5.74, 6) is 1.45. The van der Waals surface area contributed by atoms with Gasteiger partial charge in [-0.3, -0.25) is 4.79 Å². The fraction of sp³-hybridized carbons (Fsp3) is 0.938. The molecule has 0 aromatic carbocycles. The molecule has 0 radical (unpaired) electrons. The molecule has 1 saturated carbocycles. The highest BCUT2D eigenvalue weighted by Crippen LogP contribution is 2.38. The van der Waals surface area contributed by atoms with Crippen molar-refractivity contribution < 1.29 is 9.53 Å². The highest BCUT2D eigenvalue weighted by molar-refractivity contribution is 5.71. The molecule has 0 bridgehead atoms. The molecule has 112 valence electrons. The normalized spacial score (nSPS) is 27.5. The Kier molecular flexibility index (Phi) is 6.84. The number of esters is 1. The van der Waals surface area contributed by atoms with E-state index in [0.29, 0.717) is 13.0 Å². The second kappa shape index (κ2) is 7.88. The Labute approximate surface area is 118 Å². The summed E-state index contributed by atoms with van der Waals surface area (Å²) < 4.78 is 5.15. The molecule has 1 N–H and O–H groups in total. The van der Waals surface area contributed by atoms with Gasteiger partial charge in [0, 0.05) is 5.54 Å². The Hall–Kier alpha value is -0.570. The SMILES string of the molecule is CCNC1(CC(=O)OCC)CCCC(CC(C)C)C1. The van der Waals surface area contributed by atoms with Gasteiger partial charge in [0.1, 0.15) is 0 Å². The van der Waals surface area contributed by atoms with Crippen LogP contribution in [0.25, 0.3) is 0 Å². The molecule has 0 aromatic rings. The first kappa shape index (κ1) is 16.5. The van der Waals surface area contributed by atoms with E-state index in [1.54, 1.807) is 0 Å². The van der Waals surface area contributed by atoms with Gasteiger partial charge in [-0.05, 0) is 44.6 Å². The molecule has 2 atom stereocenters. The number of rotatable bonds is 7. The van der Waals surface area contributed by atoms with E-state index in [2.05, 4.69) is 26.1 Å². The fourth-order valence-electron chi connectivity index (χ4n) is 3.60. The number of carbonyl (C=O) groups is 1. The maximum absolute atomic E-state index is 11.9. The average molecular weight is 269 g/mol.